The minimum absolute atomic E-state index is 0.0866. The van der Waals surface area contributed by atoms with Gasteiger partial charge in [0.05, 0.1) is 12.2 Å². The maximum Gasteiger partial charge on any atom is 0.387 e. The molecule has 0 bridgehead atoms. The molecule has 21 heavy (non-hydrogen) atoms. The number of hydrogen-bond acceptors (Lipinski definition) is 3. The highest BCUT2D eigenvalue weighted by molar-refractivity contribution is 5.48. The van der Waals surface area contributed by atoms with Crippen molar-refractivity contribution in [2.45, 2.75) is 32.4 Å². The van der Waals surface area contributed by atoms with E-state index in [-0.39, 0.29) is 11.8 Å². The van der Waals surface area contributed by atoms with E-state index in [0.717, 1.165) is 36.3 Å². The molecule has 0 saturated heterocycles. The first-order chi connectivity index (χ1) is 10.2. The van der Waals surface area contributed by atoms with Crippen LogP contribution >= 0.6 is 0 Å². The van der Waals surface area contributed by atoms with Crippen molar-refractivity contribution in [3.8, 4) is 5.75 Å². The molecule has 1 atom stereocenters. The number of alkyl halides is 2. The van der Waals surface area contributed by atoms with Crippen molar-refractivity contribution in [2.75, 3.05) is 11.9 Å². The molecular weight excluding hydrogens is 276 g/mol. The van der Waals surface area contributed by atoms with E-state index in [9.17, 15) is 8.78 Å². The Morgan fingerprint density at radius 1 is 1.43 bits per heavy atom. The molecule has 0 aliphatic carbocycles. The third-order valence-electron chi connectivity index (χ3n) is 3.75. The summed E-state index contributed by atoms with van der Waals surface area (Å²) in [6.07, 6.45) is 3.49. The van der Waals surface area contributed by atoms with Gasteiger partial charge in [-0.2, -0.15) is 13.9 Å². The SMILES string of the molecule is CCc1cnn2c1NCCC2c1ccccc1OC(F)F. The smallest absolute Gasteiger partial charge is 0.387 e. The standard InChI is InChI=1S/C15H17F2N3O/c1-2-10-9-19-20-12(7-8-18-14(10)20)11-5-3-4-6-13(11)21-15(16)17/h3-6,9,12,15,18H,2,7-8H2,1H3. The zero-order valence-corrected chi connectivity index (χ0v) is 11.7. The molecule has 1 aliphatic heterocycles. The van der Waals surface area contributed by atoms with Crippen LogP contribution in [-0.4, -0.2) is 22.9 Å². The Hall–Kier alpha value is -2.11. The zero-order chi connectivity index (χ0) is 14.8. The Morgan fingerprint density at radius 2 is 2.24 bits per heavy atom. The van der Waals surface area contributed by atoms with Crippen LogP contribution in [0.5, 0.6) is 5.75 Å². The van der Waals surface area contributed by atoms with Crippen LogP contribution in [0.1, 0.15) is 30.5 Å². The number of aromatic nitrogens is 2. The molecule has 0 saturated carbocycles. The van der Waals surface area contributed by atoms with Gasteiger partial charge < -0.3 is 10.1 Å². The second-order valence-corrected chi connectivity index (χ2v) is 4.96. The van der Waals surface area contributed by atoms with E-state index in [4.69, 9.17) is 0 Å². The molecule has 1 aliphatic rings. The molecule has 1 aromatic carbocycles. The Bertz CT molecular complexity index is 627. The van der Waals surface area contributed by atoms with Gasteiger partial charge in [-0.15, -0.1) is 0 Å². The Morgan fingerprint density at radius 3 is 3.00 bits per heavy atom. The fourth-order valence-corrected chi connectivity index (χ4v) is 2.78. The van der Waals surface area contributed by atoms with Gasteiger partial charge in [0.15, 0.2) is 0 Å². The van der Waals surface area contributed by atoms with E-state index in [2.05, 4.69) is 22.1 Å². The number of nitrogens with one attached hydrogen (secondary N) is 1. The predicted octanol–water partition coefficient (Wildman–Crippen LogP) is 3.45. The first-order valence-electron chi connectivity index (χ1n) is 7.04. The number of fused-ring (bicyclic) bond motifs is 1. The van der Waals surface area contributed by atoms with Crippen LogP contribution in [0.15, 0.2) is 30.5 Å². The Balaban J connectivity index is 2.01. The van der Waals surface area contributed by atoms with E-state index in [0.29, 0.717) is 0 Å². The first-order valence-corrected chi connectivity index (χ1v) is 7.04. The highest BCUT2D eigenvalue weighted by Crippen LogP contribution is 2.36. The van der Waals surface area contributed by atoms with Crippen LogP contribution in [0.3, 0.4) is 0 Å². The lowest BCUT2D eigenvalue weighted by atomic mass is 10.0. The zero-order valence-electron chi connectivity index (χ0n) is 11.7. The molecule has 4 nitrogen and oxygen atoms in total. The summed E-state index contributed by atoms with van der Waals surface area (Å²) in [6.45, 7) is 0.0276. The fraction of sp³-hybridized carbons (Fsp3) is 0.400. The number of halogens is 2. The Labute approximate surface area is 121 Å². The number of nitrogens with zero attached hydrogens (tertiary/aromatic N) is 2. The average Bonchev–Trinajstić information content (AvgIpc) is 2.90. The van der Waals surface area contributed by atoms with Gasteiger partial charge in [-0.1, -0.05) is 25.1 Å². The molecule has 2 heterocycles. The number of hydrogen-bond donors (Lipinski definition) is 1. The van der Waals surface area contributed by atoms with Crippen molar-refractivity contribution >= 4 is 5.82 Å². The minimum Gasteiger partial charge on any atom is -0.434 e. The van der Waals surface area contributed by atoms with Crippen LogP contribution in [0.4, 0.5) is 14.6 Å². The third kappa shape index (κ3) is 2.57. The summed E-state index contributed by atoms with van der Waals surface area (Å²) in [7, 11) is 0. The van der Waals surface area contributed by atoms with Gasteiger partial charge >= 0.3 is 6.61 Å². The van der Waals surface area contributed by atoms with Crippen LogP contribution in [0, 0.1) is 0 Å². The summed E-state index contributed by atoms with van der Waals surface area (Å²) in [6, 6.07) is 6.85. The minimum atomic E-state index is -2.82. The molecule has 0 amide bonds. The van der Waals surface area contributed by atoms with Crippen molar-refractivity contribution in [2.24, 2.45) is 0 Å². The van der Waals surface area contributed by atoms with Crippen molar-refractivity contribution in [1.82, 2.24) is 9.78 Å². The van der Waals surface area contributed by atoms with Crippen molar-refractivity contribution in [3.63, 3.8) is 0 Å². The number of benzene rings is 1. The second-order valence-electron chi connectivity index (χ2n) is 4.96. The van der Waals surface area contributed by atoms with Gasteiger partial charge in [0.2, 0.25) is 0 Å². The molecule has 0 fully saturated rings. The van der Waals surface area contributed by atoms with Gasteiger partial charge in [0.1, 0.15) is 11.6 Å². The quantitative estimate of drug-likeness (QED) is 0.938. The molecule has 0 radical (unpaired) electrons. The summed E-state index contributed by atoms with van der Waals surface area (Å²) in [5.74, 6) is 1.19. The summed E-state index contributed by atoms with van der Waals surface area (Å²) >= 11 is 0. The van der Waals surface area contributed by atoms with Gasteiger partial charge in [-0.05, 0) is 18.9 Å². The highest BCUT2D eigenvalue weighted by atomic mass is 19.3. The lowest BCUT2D eigenvalue weighted by molar-refractivity contribution is -0.0507. The number of rotatable bonds is 4. The number of para-hydroxylation sites is 1. The second kappa shape index (κ2) is 5.71. The molecule has 1 aromatic heterocycles. The van der Waals surface area contributed by atoms with Gasteiger partial charge in [-0.25, -0.2) is 4.68 Å². The number of ether oxygens (including phenoxy) is 1. The maximum absolute atomic E-state index is 12.6. The average molecular weight is 293 g/mol. The van der Waals surface area contributed by atoms with Crippen LogP contribution < -0.4 is 10.1 Å². The summed E-state index contributed by atoms with van der Waals surface area (Å²) in [5.41, 5.74) is 1.87. The molecule has 6 heteroatoms. The van der Waals surface area contributed by atoms with Crippen LogP contribution in [0.25, 0.3) is 0 Å². The Kier molecular flexibility index (Phi) is 3.77. The van der Waals surface area contributed by atoms with Crippen molar-refractivity contribution < 1.29 is 13.5 Å². The van der Waals surface area contributed by atoms with Crippen LogP contribution in [-0.2, 0) is 6.42 Å². The lowest BCUT2D eigenvalue weighted by Gasteiger charge is -2.28. The molecular formula is C15H17F2N3O. The van der Waals surface area contributed by atoms with E-state index >= 15 is 0 Å². The molecule has 3 rings (SSSR count). The number of anilines is 1. The highest BCUT2D eigenvalue weighted by Gasteiger charge is 2.26. The summed E-state index contributed by atoms with van der Waals surface area (Å²) < 4.78 is 31.7. The van der Waals surface area contributed by atoms with E-state index in [1.54, 1.807) is 12.1 Å². The largest absolute Gasteiger partial charge is 0.434 e. The molecule has 112 valence electrons. The topological polar surface area (TPSA) is 39.1 Å². The monoisotopic (exact) mass is 293 g/mol. The van der Waals surface area contributed by atoms with Crippen LogP contribution in [0.2, 0.25) is 0 Å². The van der Waals surface area contributed by atoms with Gasteiger partial charge in [-0.3, -0.25) is 0 Å². The van der Waals surface area contributed by atoms with E-state index in [1.807, 2.05) is 23.0 Å². The first kappa shape index (κ1) is 13.9. The summed E-state index contributed by atoms with van der Waals surface area (Å²) in [5, 5.41) is 7.75. The molecule has 2 aromatic rings. The van der Waals surface area contributed by atoms with Crippen molar-refractivity contribution in [3.05, 3.63) is 41.6 Å². The molecule has 1 N–H and O–H groups in total. The summed E-state index contributed by atoms with van der Waals surface area (Å²) in [4.78, 5) is 0. The van der Waals surface area contributed by atoms with Gasteiger partial charge in [0.25, 0.3) is 0 Å². The fourth-order valence-electron chi connectivity index (χ4n) is 2.78. The van der Waals surface area contributed by atoms with E-state index < -0.39 is 6.61 Å². The predicted molar refractivity (Wildman–Crippen MR) is 75.9 cm³/mol. The number of aryl methyl sites for hydroxylation is 1. The normalized spacial score (nSPS) is 17.4. The van der Waals surface area contributed by atoms with Gasteiger partial charge in [0, 0.05) is 17.7 Å². The van der Waals surface area contributed by atoms with E-state index in [1.165, 1.54) is 0 Å². The third-order valence-corrected chi connectivity index (χ3v) is 3.75. The molecule has 0 spiro atoms. The molecule has 1 unspecified atom stereocenters. The maximum atomic E-state index is 12.6. The van der Waals surface area contributed by atoms with Crippen molar-refractivity contribution in [1.29, 1.82) is 0 Å². The lowest BCUT2D eigenvalue weighted by Crippen LogP contribution is -2.25.